The molecule has 1 fully saturated rings. The van der Waals surface area contributed by atoms with Crippen LogP contribution in [-0.4, -0.2) is 11.6 Å². The summed E-state index contributed by atoms with van der Waals surface area (Å²) in [6, 6.07) is 10.9. The number of pyridine rings is 1. The van der Waals surface area contributed by atoms with Crippen LogP contribution in [0.15, 0.2) is 47.2 Å². The van der Waals surface area contributed by atoms with Crippen molar-refractivity contribution < 1.29 is 4.74 Å². The van der Waals surface area contributed by atoms with E-state index in [1.54, 1.807) is 0 Å². The standard InChI is InChI=1S/C17H17BrN2O/c18-12-3-4-15-14(10-12)17-13(2-1-9-21-17)16(20-15)11-5-7-19-8-6-11/h3-8,10,13,16-17,20H,1-2,9H2/t13-,16-,17-/m0/s1. The van der Waals surface area contributed by atoms with Gasteiger partial charge in [0.2, 0.25) is 0 Å². The molecule has 0 amide bonds. The predicted molar refractivity (Wildman–Crippen MR) is 86.2 cm³/mol. The second-order valence-electron chi connectivity index (χ2n) is 5.73. The van der Waals surface area contributed by atoms with E-state index >= 15 is 0 Å². The van der Waals surface area contributed by atoms with Crippen molar-refractivity contribution >= 4 is 21.6 Å². The Morgan fingerprint density at radius 2 is 2.05 bits per heavy atom. The van der Waals surface area contributed by atoms with Crippen molar-refractivity contribution in [3.63, 3.8) is 0 Å². The SMILES string of the molecule is Brc1ccc2c(c1)[C@H]1OCCC[C@H]1[C@H](c1ccncc1)N2. The first kappa shape index (κ1) is 13.3. The smallest absolute Gasteiger partial charge is 0.0896 e. The van der Waals surface area contributed by atoms with Gasteiger partial charge in [0.05, 0.1) is 12.1 Å². The van der Waals surface area contributed by atoms with E-state index in [4.69, 9.17) is 4.74 Å². The maximum atomic E-state index is 6.14. The van der Waals surface area contributed by atoms with Crippen molar-refractivity contribution in [1.82, 2.24) is 4.98 Å². The number of benzene rings is 1. The molecule has 0 bridgehead atoms. The number of rotatable bonds is 1. The van der Waals surface area contributed by atoms with E-state index in [0.29, 0.717) is 12.0 Å². The van der Waals surface area contributed by atoms with E-state index in [9.17, 15) is 0 Å². The summed E-state index contributed by atoms with van der Waals surface area (Å²) in [6.07, 6.45) is 6.25. The van der Waals surface area contributed by atoms with Gasteiger partial charge < -0.3 is 10.1 Å². The highest BCUT2D eigenvalue weighted by molar-refractivity contribution is 9.10. The number of hydrogen-bond acceptors (Lipinski definition) is 3. The molecular formula is C17H17BrN2O. The molecule has 4 rings (SSSR count). The van der Waals surface area contributed by atoms with Crippen LogP contribution in [0, 0.1) is 5.92 Å². The Balaban J connectivity index is 1.79. The summed E-state index contributed by atoms with van der Waals surface area (Å²) in [5.74, 6) is 0.475. The molecule has 1 aromatic heterocycles. The molecule has 2 aromatic rings. The summed E-state index contributed by atoms with van der Waals surface area (Å²) in [4.78, 5) is 4.13. The monoisotopic (exact) mass is 344 g/mol. The lowest BCUT2D eigenvalue weighted by molar-refractivity contribution is -0.0381. The van der Waals surface area contributed by atoms with Crippen LogP contribution in [0.2, 0.25) is 0 Å². The number of nitrogens with zero attached hydrogens (tertiary/aromatic N) is 1. The number of halogens is 1. The van der Waals surface area contributed by atoms with Crippen LogP contribution >= 0.6 is 15.9 Å². The van der Waals surface area contributed by atoms with Crippen LogP contribution in [0.5, 0.6) is 0 Å². The topological polar surface area (TPSA) is 34.1 Å². The van der Waals surface area contributed by atoms with Gasteiger partial charge in [-0.05, 0) is 48.7 Å². The minimum atomic E-state index is 0.186. The average Bonchev–Trinajstić information content (AvgIpc) is 2.55. The minimum Gasteiger partial charge on any atom is -0.378 e. The van der Waals surface area contributed by atoms with E-state index in [-0.39, 0.29) is 6.10 Å². The van der Waals surface area contributed by atoms with Crippen molar-refractivity contribution in [2.24, 2.45) is 5.92 Å². The molecule has 4 heteroatoms. The van der Waals surface area contributed by atoms with E-state index in [1.165, 1.54) is 23.2 Å². The van der Waals surface area contributed by atoms with Gasteiger partial charge in [-0.15, -0.1) is 0 Å². The summed E-state index contributed by atoms with van der Waals surface area (Å²) in [5, 5.41) is 3.71. The molecule has 3 atom stereocenters. The van der Waals surface area contributed by atoms with Gasteiger partial charge in [-0.25, -0.2) is 0 Å². The van der Waals surface area contributed by atoms with Crippen molar-refractivity contribution in [3.8, 4) is 0 Å². The quantitative estimate of drug-likeness (QED) is 0.828. The number of aromatic nitrogens is 1. The third-order valence-electron chi connectivity index (χ3n) is 4.49. The van der Waals surface area contributed by atoms with Gasteiger partial charge in [-0.1, -0.05) is 15.9 Å². The Kier molecular flexibility index (Phi) is 3.43. The summed E-state index contributed by atoms with van der Waals surface area (Å²) in [6.45, 7) is 0.857. The van der Waals surface area contributed by atoms with Crippen molar-refractivity contribution in [3.05, 3.63) is 58.3 Å². The van der Waals surface area contributed by atoms with Crippen LogP contribution in [0.1, 0.15) is 36.1 Å². The second kappa shape index (κ2) is 5.43. The van der Waals surface area contributed by atoms with Gasteiger partial charge in [-0.2, -0.15) is 0 Å². The van der Waals surface area contributed by atoms with Gasteiger partial charge in [0.1, 0.15) is 0 Å². The Morgan fingerprint density at radius 3 is 2.90 bits per heavy atom. The van der Waals surface area contributed by atoms with Crippen LogP contribution in [-0.2, 0) is 4.74 Å². The molecule has 0 aliphatic carbocycles. The fourth-order valence-corrected chi connectivity index (χ4v) is 3.92. The molecule has 3 heterocycles. The molecule has 2 aliphatic rings. The predicted octanol–water partition coefficient (Wildman–Crippen LogP) is 4.48. The summed E-state index contributed by atoms with van der Waals surface area (Å²) in [5.41, 5.74) is 3.75. The zero-order valence-electron chi connectivity index (χ0n) is 11.6. The number of ether oxygens (including phenoxy) is 1. The molecule has 108 valence electrons. The normalized spacial score (nSPS) is 27.4. The molecular weight excluding hydrogens is 328 g/mol. The number of anilines is 1. The van der Waals surface area contributed by atoms with Gasteiger partial charge in [0.15, 0.2) is 0 Å². The molecule has 1 saturated heterocycles. The highest BCUT2D eigenvalue weighted by Crippen LogP contribution is 2.49. The third kappa shape index (κ3) is 2.36. The summed E-state index contributed by atoms with van der Waals surface area (Å²) < 4.78 is 7.25. The maximum Gasteiger partial charge on any atom is 0.0896 e. The van der Waals surface area contributed by atoms with Crippen LogP contribution < -0.4 is 5.32 Å². The maximum absolute atomic E-state index is 6.14. The van der Waals surface area contributed by atoms with Crippen LogP contribution in [0.25, 0.3) is 0 Å². The number of nitrogens with one attached hydrogen (secondary N) is 1. The zero-order valence-corrected chi connectivity index (χ0v) is 13.2. The average molecular weight is 345 g/mol. The fraction of sp³-hybridized carbons (Fsp3) is 0.353. The zero-order chi connectivity index (χ0) is 14.2. The van der Waals surface area contributed by atoms with Gasteiger partial charge in [0, 0.05) is 40.6 Å². The highest BCUT2D eigenvalue weighted by Gasteiger charge is 2.39. The molecule has 3 nitrogen and oxygen atoms in total. The minimum absolute atomic E-state index is 0.186. The molecule has 0 saturated carbocycles. The Bertz CT molecular complexity index is 646. The Morgan fingerprint density at radius 1 is 1.19 bits per heavy atom. The van der Waals surface area contributed by atoms with Crippen molar-refractivity contribution in [1.29, 1.82) is 0 Å². The summed E-state index contributed by atoms with van der Waals surface area (Å²) >= 11 is 3.58. The van der Waals surface area contributed by atoms with Gasteiger partial charge in [0.25, 0.3) is 0 Å². The number of fused-ring (bicyclic) bond motifs is 3. The largest absolute Gasteiger partial charge is 0.378 e. The lowest BCUT2D eigenvalue weighted by Gasteiger charge is -2.43. The van der Waals surface area contributed by atoms with Crippen molar-refractivity contribution in [2.75, 3.05) is 11.9 Å². The molecule has 2 aliphatic heterocycles. The molecule has 0 spiro atoms. The van der Waals surface area contributed by atoms with Gasteiger partial charge >= 0.3 is 0 Å². The number of hydrogen-bond donors (Lipinski definition) is 1. The first-order valence-electron chi connectivity index (χ1n) is 7.40. The van der Waals surface area contributed by atoms with E-state index < -0.39 is 0 Å². The molecule has 0 radical (unpaired) electrons. The molecule has 1 aromatic carbocycles. The van der Waals surface area contributed by atoms with E-state index in [2.05, 4.69) is 56.6 Å². The first-order chi connectivity index (χ1) is 10.3. The van der Waals surface area contributed by atoms with E-state index in [1.807, 2.05) is 12.4 Å². The highest BCUT2D eigenvalue weighted by atomic mass is 79.9. The molecule has 21 heavy (non-hydrogen) atoms. The van der Waals surface area contributed by atoms with Crippen molar-refractivity contribution in [2.45, 2.75) is 25.0 Å². The lowest BCUT2D eigenvalue weighted by Crippen LogP contribution is -2.36. The van der Waals surface area contributed by atoms with E-state index in [0.717, 1.165) is 17.5 Å². The second-order valence-corrected chi connectivity index (χ2v) is 6.65. The molecule has 1 N–H and O–H groups in total. The third-order valence-corrected chi connectivity index (χ3v) is 4.99. The van der Waals surface area contributed by atoms with Crippen LogP contribution in [0.3, 0.4) is 0 Å². The van der Waals surface area contributed by atoms with Gasteiger partial charge in [-0.3, -0.25) is 4.98 Å². The Hall–Kier alpha value is -1.39. The first-order valence-corrected chi connectivity index (χ1v) is 8.20. The summed E-state index contributed by atoms with van der Waals surface area (Å²) in [7, 11) is 0. The fourth-order valence-electron chi connectivity index (χ4n) is 3.54. The lowest BCUT2D eigenvalue weighted by atomic mass is 9.78. The molecule has 0 unspecified atom stereocenters. The Labute approximate surface area is 132 Å². The van der Waals surface area contributed by atoms with Crippen LogP contribution in [0.4, 0.5) is 5.69 Å².